The molecular weight excluding hydrogens is 224 g/mol. The highest BCUT2D eigenvalue weighted by molar-refractivity contribution is 5.69. The van der Waals surface area contributed by atoms with Gasteiger partial charge in [-0.2, -0.15) is 0 Å². The second-order valence-electron chi connectivity index (χ2n) is 4.64. The summed E-state index contributed by atoms with van der Waals surface area (Å²) in [6.07, 6.45) is 0.0388. The zero-order valence-electron chi connectivity index (χ0n) is 10.1. The first kappa shape index (κ1) is 13.2. The number of nitrogens with zero attached hydrogens (tertiary/aromatic N) is 1. The first-order valence-electron chi connectivity index (χ1n) is 5.30. The lowest BCUT2D eigenvalue weighted by atomic mass is 10.2. The second kappa shape index (κ2) is 4.99. The summed E-state index contributed by atoms with van der Waals surface area (Å²) in [7, 11) is 0. The molecule has 0 saturated carbocycles. The second-order valence-corrected chi connectivity index (χ2v) is 4.64. The molecule has 1 N–H and O–H groups in total. The molecule has 0 bridgehead atoms. The summed E-state index contributed by atoms with van der Waals surface area (Å²) in [6, 6.07) is 2.31. The maximum Gasteiger partial charge on any atom is 0.308 e. The summed E-state index contributed by atoms with van der Waals surface area (Å²) >= 11 is 0. The Morgan fingerprint density at radius 3 is 2.59 bits per heavy atom. The SMILES string of the molecule is CC(C)(C)OC(=O)CCn1[nH]c(=O)ccc1=O. The Hall–Kier alpha value is -1.85. The normalized spacial score (nSPS) is 11.2. The molecule has 1 rings (SSSR count). The highest BCUT2D eigenvalue weighted by Gasteiger charge is 2.16. The fraction of sp³-hybridized carbons (Fsp3) is 0.545. The number of nitrogens with one attached hydrogen (secondary N) is 1. The quantitative estimate of drug-likeness (QED) is 0.769. The molecule has 0 amide bonds. The molecule has 6 heteroatoms. The van der Waals surface area contributed by atoms with E-state index < -0.39 is 11.6 Å². The summed E-state index contributed by atoms with van der Waals surface area (Å²) in [5, 5.41) is 2.33. The molecule has 0 unspecified atom stereocenters. The molecule has 0 saturated heterocycles. The van der Waals surface area contributed by atoms with Crippen molar-refractivity contribution in [1.82, 2.24) is 9.78 Å². The van der Waals surface area contributed by atoms with Crippen molar-refractivity contribution in [2.45, 2.75) is 39.3 Å². The van der Waals surface area contributed by atoms with E-state index in [0.29, 0.717) is 0 Å². The van der Waals surface area contributed by atoms with E-state index in [2.05, 4.69) is 5.10 Å². The van der Waals surface area contributed by atoms with Crippen LogP contribution in [0, 0.1) is 0 Å². The first-order valence-corrected chi connectivity index (χ1v) is 5.30. The van der Waals surface area contributed by atoms with Gasteiger partial charge in [-0.15, -0.1) is 0 Å². The Kier molecular flexibility index (Phi) is 3.88. The van der Waals surface area contributed by atoms with Crippen LogP contribution in [0.5, 0.6) is 0 Å². The van der Waals surface area contributed by atoms with Gasteiger partial charge in [-0.05, 0) is 20.8 Å². The third-order valence-corrected chi connectivity index (χ3v) is 1.85. The lowest BCUT2D eigenvalue weighted by molar-refractivity contribution is -0.155. The molecular formula is C11H16N2O4. The van der Waals surface area contributed by atoms with Gasteiger partial charge in [-0.25, -0.2) is 4.68 Å². The van der Waals surface area contributed by atoms with Crippen LogP contribution in [0.2, 0.25) is 0 Å². The molecule has 94 valence electrons. The summed E-state index contributed by atoms with van der Waals surface area (Å²) < 4.78 is 6.17. The molecule has 0 spiro atoms. The molecule has 1 aromatic rings. The lowest BCUT2D eigenvalue weighted by Crippen LogP contribution is -2.30. The number of hydrogen-bond acceptors (Lipinski definition) is 4. The highest BCUT2D eigenvalue weighted by atomic mass is 16.6. The van der Waals surface area contributed by atoms with Gasteiger partial charge in [-0.1, -0.05) is 0 Å². The van der Waals surface area contributed by atoms with E-state index in [9.17, 15) is 14.4 Å². The van der Waals surface area contributed by atoms with Crippen molar-refractivity contribution in [3.8, 4) is 0 Å². The highest BCUT2D eigenvalue weighted by Crippen LogP contribution is 2.08. The Morgan fingerprint density at radius 2 is 2.00 bits per heavy atom. The Morgan fingerprint density at radius 1 is 1.35 bits per heavy atom. The van der Waals surface area contributed by atoms with E-state index in [1.165, 1.54) is 0 Å². The average Bonchev–Trinajstić information content (AvgIpc) is 2.17. The van der Waals surface area contributed by atoms with Gasteiger partial charge in [0.15, 0.2) is 0 Å². The molecule has 0 atom stereocenters. The number of carbonyl (C=O) groups is 1. The number of esters is 1. The monoisotopic (exact) mass is 240 g/mol. The van der Waals surface area contributed by atoms with Crippen molar-refractivity contribution < 1.29 is 9.53 Å². The summed E-state index contributed by atoms with van der Waals surface area (Å²) in [6.45, 7) is 5.40. The Labute approximate surface area is 98.2 Å². The van der Waals surface area contributed by atoms with Crippen LogP contribution in [0.4, 0.5) is 0 Å². The first-order chi connectivity index (χ1) is 7.78. The Bertz CT molecular complexity index is 507. The van der Waals surface area contributed by atoms with E-state index in [1.807, 2.05) is 0 Å². The van der Waals surface area contributed by atoms with Crippen molar-refractivity contribution in [3.63, 3.8) is 0 Å². The summed E-state index contributed by atoms with van der Waals surface area (Å²) in [5.41, 5.74) is -1.28. The lowest BCUT2D eigenvalue weighted by Gasteiger charge is -2.19. The predicted molar refractivity (Wildman–Crippen MR) is 61.8 cm³/mol. The molecule has 0 aliphatic carbocycles. The topological polar surface area (TPSA) is 81.2 Å². The van der Waals surface area contributed by atoms with Crippen molar-refractivity contribution in [2.75, 3.05) is 0 Å². The van der Waals surface area contributed by atoms with Gasteiger partial charge in [0.25, 0.3) is 11.1 Å². The molecule has 17 heavy (non-hydrogen) atoms. The van der Waals surface area contributed by atoms with Gasteiger partial charge in [0.2, 0.25) is 0 Å². The molecule has 0 aromatic carbocycles. The third-order valence-electron chi connectivity index (χ3n) is 1.85. The van der Waals surface area contributed by atoms with Crippen LogP contribution in [0.15, 0.2) is 21.7 Å². The van der Waals surface area contributed by atoms with E-state index in [1.54, 1.807) is 20.8 Å². The van der Waals surface area contributed by atoms with Crippen LogP contribution in [-0.4, -0.2) is 21.4 Å². The van der Waals surface area contributed by atoms with Crippen molar-refractivity contribution >= 4 is 5.97 Å². The molecule has 6 nitrogen and oxygen atoms in total. The van der Waals surface area contributed by atoms with E-state index in [4.69, 9.17) is 4.74 Å². The predicted octanol–water partition coefficient (Wildman–Crippen LogP) is 0.268. The molecule has 0 aliphatic heterocycles. The minimum absolute atomic E-state index is 0.0388. The van der Waals surface area contributed by atoms with Gasteiger partial charge >= 0.3 is 5.97 Å². The van der Waals surface area contributed by atoms with Gasteiger partial charge in [0, 0.05) is 12.1 Å². The number of carbonyl (C=O) groups excluding carboxylic acids is 1. The zero-order valence-corrected chi connectivity index (χ0v) is 10.1. The standard InChI is InChI=1S/C11H16N2O4/c1-11(2,3)17-10(16)6-7-13-9(15)5-4-8(14)12-13/h4-5H,6-7H2,1-3H3,(H,12,14). The van der Waals surface area contributed by atoms with E-state index in [0.717, 1.165) is 16.8 Å². The zero-order chi connectivity index (χ0) is 13.1. The number of hydrogen-bond donors (Lipinski definition) is 1. The number of aromatic nitrogens is 2. The molecule has 0 radical (unpaired) electrons. The molecule has 0 aliphatic rings. The third kappa shape index (κ3) is 4.67. The maximum atomic E-state index is 11.4. The van der Waals surface area contributed by atoms with Crippen LogP contribution in [0.1, 0.15) is 27.2 Å². The number of aromatic amines is 1. The largest absolute Gasteiger partial charge is 0.460 e. The average molecular weight is 240 g/mol. The van der Waals surface area contributed by atoms with Crippen LogP contribution in [-0.2, 0) is 16.1 Å². The fourth-order valence-corrected chi connectivity index (χ4v) is 1.22. The summed E-state index contributed by atoms with van der Waals surface area (Å²) in [4.78, 5) is 33.7. The van der Waals surface area contributed by atoms with Gasteiger partial charge in [0.05, 0.1) is 13.0 Å². The van der Waals surface area contributed by atoms with E-state index >= 15 is 0 Å². The van der Waals surface area contributed by atoms with Crippen molar-refractivity contribution in [1.29, 1.82) is 0 Å². The number of H-pyrrole nitrogens is 1. The minimum Gasteiger partial charge on any atom is -0.460 e. The number of aryl methyl sites for hydroxylation is 1. The maximum absolute atomic E-state index is 11.4. The van der Waals surface area contributed by atoms with Crippen molar-refractivity contribution in [2.24, 2.45) is 0 Å². The Balaban J connectivity index is 2.62. The fourth-order valence-electron chi connectivity index (χ4n) is 1.22. The van der Waals surface area contributed by atoms with Gasteiger partial charge in [-0.3, -0.25) is 19.5 Å². The van der Waals surface area contributed by atoms with Crippen LogP contribution in [0.25, 0.3) is 0 Å². The van der Waals surface area contributed by atoms with E-state index in [-0.39, 0.29) is 24.1 Å². The molecule has 1 aromatic heterocycles. The molecule has 0 fully saturated rings. The van der Waals surface area contributed by atoms with Crippen LogP contribution >= 0.6 is 0 Å². The summed E-state index contributed by atoms with van der Waals surface area (Å²) in [5.74, 6) is -0.408. The molecule has 1 heterocycles. The smallest absolute Gasteiger partial charge is 0.308 e. The van der Waals surface area contributed by atoms with Crippen LogP contribution in [0.3, 0.4) is 0 Å². The van der Waals surface area contributed by atoms with Crippen LogP contribution < -0.4 is 11.1 Å². The number of rotatable bonds is 3. The number of ether oxygens (including phenoxy) is 1. The van der Waals surface area contributed by atoms with Gasteiger partial charge in [0.1, 0.15) is 5.60 Å². The van der Waals surface area contributed by atoms with Crippen molar-refractivity contribution in [3.05, 3.63) is 32.8 Å². The van der Waals surface area contributed by atoms with Gasteiger partial charge < -0.3 is 4.74 Å². The minimum atomic E-state index is -0.549.